The van der Waals surface area contributed by atoms with E-state index in [-0.39, 0.29) is 24.2 Å². The Morgan fingerprint density at radius 3 is 2.71 bits per heavy atom. The summed E-state index contributed by atoms with van der Waals surface area (Å²) in [6.07, 6.45) is 0.549. The maximum absolute atomic E-state index is 13.8. The van der Waals surface area contributed by atoms with Crippen LogP contribution >= 0.6 is 0 Å². The molecule has 0 aliphatic carbocycles. The Labute approximate surface area is 99.8 Å². The van der Waals surface area contributed by atoms with Crippen LogP contribution in [-0.4, -0.2) is 12.6 Å². The molecule has 1 aromatic carbocycles. The zero-order valence-electron chi connectivity index (χ0n) is 9.92. The highest BCUT2D eigenvalue weighted by atomic mass is 19.1. The fraction of sp³-hybridized carbons (Fsp3) is 0.385. The molecule has 0 amide bonds. The SMILES string of the molecule is CCOC(=O)Cc1cc(CC)cc(C#N)c1F. The van der Waals surface area contributed by atoms with Crippen molar-refractivity contribution < 1.29 is 13.9 Å². The molecule has 0 aliphatic rings. The lowest BCUT2D eigenvalue weighted by atomic mass is 10.0. The molecule has 1 aromatic rings. The van der Waals surface area contributed by atoms with E-state index in [2.05, 4.69) is 0 Å². The lowest BCUT2D eigenvalue weighted by Crippen LogP contribution is -2.10. The minimum atomic E-state index is -0.627. The van der Waals surface area contributed by atoms with Gasteiger partial charge in [0.2, 0.25) is 0 Å². The van der Waals surface area contributed by atoms with E-state index in [9.17, 15) is 9.18 Å². The van der Waals surface area contributed by atoms with Gasteiger partial charge >= 0.3 is 5.97 Å². The quantitative estimate of drug-likeness (QED) is 0.753. The van der Waals surface area contributed by atoms with Gasteiger partial charge in [0.15, 0.2) is 0 Å². The Hall–Kier alpha value is -1.89. The predicted molar refractivity (Wildman–Crippen MR) is 60.8 cm³/mol. The van der Waals surface area contributed by atoms with E-state index >= 15 is 0 Å². The van der Waals surface area contributed by atoms with Gasteiger partial charge in [0, 0.05) is 5.56 Å². The third kappa shape index (κ3) is 3.28. The van der Waals surface area contributed by atoms with Crippen LogP contribution in [0.4, 0.5) is 4.39 Å². The molecular weight excluding hydrogens is 221 g/mol. The summed E-state index contributed by atoms with van der Waals surface area (Å²) in [5.74, 6) is -1.11. The molecule has 0 aliphatic heterocycles. The fourth-order valence-corrected chi connectivity index (χ4v) is 1.53. The van der Waals surface area contributed by atoms with Crippen LogP contribution < -0.4 is 0 Å². The summed E-state index contributed by atoms with van der Waals surface area (Å²) in [6.45, 7) is 3.86. The van der Waals surface area contributed by atoms with Gasteiger partial charge in [-0.15, -0.1) is 0 Å². The van der Waals surface area contributed by atoms with E-state index in [1.54, 1.807) is 19.1 Å². The Balaban J connectivity index is 3.06. The number of esters is 1. The van der Waals surface area contributed by atoms with Crippen LogP contribution in [0.3, 0.4) is 0 Å². The lowest BCUT2D eigenvalue weighted by molar-refractivity contribution is -0.142. The third-order valence-electron chi connectivity index (χ3n) is 2.38. The number of aryl methyl sites for hydroxylation is 1. The van der Waals surface area contributed by atoms with Crippen molar-refractivity contribution in [2.75, 3.05) is 6.61 Å². The first-order valence-electron chi connectivity index (χ1n) is 5.49. The van der Waals surface area contributed by atoms with Gasteiger partial charge in [-0.2, -0.15) is 5.26 Å². The van der Waals surface area contributed by atoms with Gasteiger partial charge in [-0.1, -0.05) is 13.0 Å². The minimum absolute atomic E-state index is 0.0244. The van der Waals surface area contributed by atoms with Gasteiger partial charge in [0.1, 0.15) is 11.9 Å². The molecule has 3 nitrogen and oxygen atoms in total. The second kappa shape index (κ2) is 6.00. The van der Waals surface area contributed by atoms with E-state index in [0.29, 0.717) is 6.42 Å². The highest BCUT2D eigenvalue weighted by Crippen LogP contribution is 2.17. The van der Waals surface area contributed by atoms with E-state index in [1.807, 2.05) is 6.92 Å². The van der Waals surface area contributed by atoms with Gasteiger partial charge in [0.05, 0.1) is 18.6 Å². The normalized spacial score (nSPS) is 9.76. The van der Waals surface area contributed by atoms with Crippen LogP contribution in [0.2, 0.25) is 0 Å². The Kier molecular flexibility index (Phi) is 4.65. The highest BCUT2D eigenvalue weighted by molar-refractivity contribution is 5.73. The topological polar surface area (TPSA) is 50.1 Å². The van der Waals surface area contributed by atoms with Crippen molar-refractivity contribution in [1.82, 2.24) is 0 Å². The summed E-state index contributed by atoms with van der Waals surface area (Å²) in [6, 6.07) is 4.90. The van der Waals surface area contributed by atoms with Gasteiger partial charge < -0.3 is 4.74 Å². The second-order valence-corrected chi connectivity index (χ2v) is 3.56. The van der Waals surface area contributed by atoms with Gasteiger partial charge in [-0.3, -0.25) is 4.79 Å². The van der Waals surface area contributed by atoms with Crippen molar-refractivity contribution in [3.05, 3.63) is 34.6 Å². The Morgan fingerprint density at radius 1 is 1.47 bits per heavy atom. The maximum Gasteiger partial charge on any atom is 0.310 e. The minimum Gasteiger partial charge on any atom is -0.466 e. The molecular formula is C13H14FNO2. The molecule has 0 aromatic heterocycles. The summed E-state index contributed by atoms with van der Waals surface area (Å²) in [4.78, 5) is 11.3. The highest BCUT2D eigenvalue weighted by Gasteiger charge is 2.14. The number of hydrogen-bond donors (Lipinski definition) is 0. The van der Waals surface area contributed by atoms with Crippen LogP contribution in [0.15, 0.2) is 12.1 Å². The number of nitrogens with zero attached hydrogens (tertiary/aromatic N) is 1. The summed E-state index contributed by atoms with van der Waals surface area (Å²) in [5, 5.41) is 8.79. The van der Waals surface area contributed by atoms with Crippen molar-refractivity contribution in [3.8, 4) is 6.07 Å². The van der Waals surface area contributed by atoms with E-state index in [4.69, 9.17) is 10.00 Å². The second-order valence-electron chi connectivity index (χ2n) is 3.56. The zero-order valence-corrected chi connectivity index (χ0v) is 9.92. The predicted octanol–water partition coefficient (Wildman–Crippen LogP) is 2.37. The van der Waals surface area contributed by atoms with Crippen LogP contribution in [-0.2, 0) is 22.4 Å². The zero-order chi connectivity index (χ0) is 12.8. The molecule has 0 radical (unpaired) electrons. The van der Waals surface area contributed by atoms with E-state index < -0.39 is 11.8 Å². The molecule has 4 heteroatoms. The van der Waals surface area contributed by atoms with Crippen LogP contribution in [0.5, 0.6) is 0 Å². The summed E-state index contributed by atoms with van der Waals surface area (Å²) in [7, 11) is 0. The molecule has 0 saturated heterocycles. The largest absolute Gasteiger partial charge is 0.466 e. The van der Waals surface area contributed by atoms with Crippen LogP contribution in [0.25, 0.3) is 0 Å². The van der Waals surface area contributed by atoms with Gasteiger partial charge in [0.25, 0.3) is 0 Å². The molecule has 0 bridgehead atoms. The van der Waals surface area contributed by atoms with Gasteiger partial charge in [-0.25, -0.2) is 4.39 Å². The number of hydrogen-bond acceptors (Lipinski definition) is 3. The number of carbonyl (C=O) groups excluding carboxylic acids is 1. The van der Waals surface area contributed by atoms with E-state index in [0.717, 1.165) is 5.56 Å². The average molecular weight is 235 g/mol. The van der Waals surface area contributed by atoms with Crippen molar-refractivity contribution in [3.63, 3.8) is 0 Å². The monoisotopic (exact) mass is 235 g/mol. The standard InChI is InChI=1S/C13H14FNO2/c1-3-9-5-10(7-12(16)17-4-2)13(14)11(6-9)8-15/h5-6H,3-4,7H2,1-2H3. The lowest BCUT2D eigenvalue weighted by Gasteiger charge is -2.07. The molecule has 0 unspecified atom stereocenters. The molecule has 17 heavy (non-hydrogen) atoms. The summed E-state index contributed by atoms with van der Waals surface area (Å²) >= 11 is 0. The number of carbonyl (C=O) groups is 1. The molecule has 0 heterocycles. The Bertz CT molecular complexity index is 463. The van der Waals surface area contributed by atoms with Crippen molar-refractivity contribution in [1.29, 1.82) is 5.26 Å². The van der Waals surface area contributed by atoms with Crippen LogP contribution in [0, 0.1) is 17.1 Å². The number of benzene rings is 1. The third-order valence-corrected chi connectivity index (χ3v) is 2.38. The van der Waals surface area contributed by atoms with Crippen molar-refractivity contribution >= 4 is 5.97 Å². The molecule has 1 rings (SSSR count). The number of rotatable bonds is 4. The summed E-state index contributed by atoms with van der Waals surface area (Å²) in [5.41, 5.74) is 1.03. The molecule has 0 saturated carbocycles. The smallest absolute Gasteiger partial charge is 0.310 e. The number of halogens is 1. The molecule has 90 valence electrons. The average Bonchev–Trinajstić information content (AvgIpc) is 2.32. The van der Waals surface area contributed by atoms with Gasteiger partial charge in [-0.05, 0) is 25.0 Å². The maximum atomic E-state index is 13.8. The first-order valence-corrected chi connectivity index (χ1v) is 5.49. The first-order chi connectivity index (χ1) is 8.12. The fourth-order valence-electron chi connectivity index (χ4n) is 1.53. The molecule has 0 atom stereocenters. The van der Waals surface area contributed by atoms with Crippen LogP contribution in [0.1, 0.15) is 30.5 Å². The van der Waals surface area contributed by atoms with E-state index in [1.165, 1.54) is 6.07 Å². The Morgan fingerprint density at radius 2 is 2.18 bits per heavy atom. The molecule has 0 fully saturated rings. The first kappa shape index (κ1) is 13.2. The molecule has 0 spiro atoms. The summed E-state index contributed by atoms with van der Waals surface area (Å²) < 4.78 is 18.5. The van der Waals surface area contributed by atoms with Crippen molar-refractivity contribution in [2.24, 2.45) is 0 Å². The van der Waals surface area contributed by atoms with Crippen molar-refractivity contribution in [2.45, 2.75) is 26.7 Å². The number of nitriles is 1. The number of ether oxygens (including phenoxy) is 1. The molecule has 0 N–H and O–H groups in total.